The largest absolute Gasteiger partial charge is 0.306 e. The third kappa shape index (κ3) is 3.95. The molecule has 98 valence electrons. The fourth-order valence-corrected chi connectivity index (χ4v) is 2.05. The van der Waals surface area contributed by atoms with Crippen molar-refractivity contribution in [1.82, 2.24) is 5.32 Å². The topological polar surface area (TPSA) is 12.0 Å². The van der Waals surface area contributed by atoms with Gasteiger partial charge in [-0.15, -0.1) is 0 Å². The normalized spacial score (nSPS) is 12.1. The van der Waals surface area contributed by atoms with Crippen LogP contribution in [0.1, 0.15) is 24.1 Å². The molecule has 19 heavy (non-hydrogen) atoms. The summed E-state index contributed by atoms with van der Waals surface area (Å²) in [4.78, 5) is 0. The molecule has 1 N–H and O–H groups in total. The van der Waals surface area contributed by atoms with Gasteiger partial charge in [0.2, 0.25) is 0 Å². The van der Waals surface area contributed by atoms with Crippen molar-refractivity contribution >= 4 is 17.2 Å². The highest BCUT2D eigenvalue weighted by Gasteiger charge is 2.05. The van der Waals surface area contributed by atoms with Crippen molar-refractivity contribution < 1.29 is 0 Å². The molecule has 1 nitrogen and oxygen atoms in total. The van der Waals surface area contributed by atoms with E-state index in [0.717, 1.165) is 17.1 Å². The third-order valence-electron chi connectivity index (χ3n) is 3.17. The summed E-state index contributed by atoms with van der Waals surface area (Å²) >= 11 is 5.89. The Morgan fingerprint density at radius 1 is 1.11 bits per heavy atom. The first kappa shape index (κ1) is 13.9. The number of benzene rings is 2. The van der Waals surface area contributed by atoms with Crippen LogP contribution in [-0.4, -0.2) is 6.54 Å². The summed E-state index contributed by atoms with van der Waals surface area (Å²) in [5.74, 6) is 0. The Labute approximate surface area is 119 Å². The van der Waals surface area contributed by atoms with Crippen molar-refractivity contribution in [3.63, 3.8) is 0 Å². The van der Waals surface area contributed by atoms with E-state index in [4.69, 9.17) is 11.6 Å². The Balaban J connectivity index is 1.92. The summed E-state index contributed by atoms with van der Waals surface area (Å²) in [5.41, 5.74) is 3.50. The highest BCUT2D eigenvalue weighted by molar-refractivity contribution is 6.30. The molecule has 0 bridgehead atoms. The molecule has 2 aromatic carbocycles. The van der Waals surface area contributed by atoms with Gasteiger partial charge in [0.15, 0.2) is 0 Å². The smallest absolute Gasteiger partial charge is 0.0406 e. The van der Waals surface area contributed by atoms with Crippen molar-refractivity contribution in [2.75, 3.05) is 6.54 Å². The zero-order valence-corrected chi connectivity index (χ0v) is 11.8. The molecule has 1 atom stereocenters. The fourth-order valence-electron chi connectivity index (χ4n) is 1.92. The summed E-state index contributed by atoms with van der Waals surface area (Å²) in [7, 11) is 0. The molecule has 0 amide bonds. The molecule has 0 aliphatic heterocycles. The van der Waals surface area contributed by atoms with E-state index in [0.29, 0.717) is 0 Å². The van der Waals surface area contributed by atoms with Gasteiger partial charge < -0.3 is 5.32 Å². The van der Waals surface area contributed by atoms with Gasteiger partial charge in [-0.25, -0.2) is 0 Å². The van der Waals surface area contributed by atoms with Crippen molar-refractivity contribution in [3.05, 3.63) is 77.3 Å². The average molecular weight is 272 g/mol. The van der Waals surface area contributed by atoms with Crippen LogP contribution in [0, 0.1) is 0 Å². The lowest BCUT2D eigenvalue weighted by Crippen LogP contribution is -2.20. The predicted octanol–water partition coefficient (Wildman–Crippen LogP) is 4.70. The molecule has 0 unspecified atom stereocenters. The highest BCUT2D eigenvalue weighted by Crippen LogP contribution is 2.17. The molecule has 0 saturated heterocycles. The minimum atomic E-state index is 0.276. The summed E-state index contributed by atoms with van der Waals surface area (Å²) in [5, 5.41) is 4.24. The molecular formula is C17H18ClN. The van der Waals surface area contributed by atoms with Gasteiger partial charge in [0.25, 0.3) is 0 Å². The second-order valence-electron chi connectivity index (χ2n) is 4.62. The Morgan fingerprint density at radius 3 is 2.37 bits per heavy atom. The van der Waals surface area contributed by atoms with Gasteiger partial charge in [-0.2, -0.15) is 0 Å². The molecule has 0 aromatic heterocycles. The highest BCUT2D eigenvalue weighted by atomic mass is 35.5. The molecule has 0 heterocycles. The maximum atomic E-state index is 5.89. The van der Waals surface area contributed by atoms with Gasteiger partial charge in [-0.1, -0.05) is 60.6 Å². The first-order valence-corrected chi connectivity index (χ1v) is 6.76. The van der Waals surface area contributed by atoms with Crippen molar-refractivity contribution in [3.8, 4) is 0 Å². The number of rotatable bonds is 5. The molecule has 2 aromatic rings. The monoisotopic (exact) mass is 271 g/mol. The van der Waals surface area contributed by atoms with Crippen LogP contribution >= 0.6 is 11.6 Å². The maximum Gasteiger partial charge on any atom is 0.0406 e. The Hall–Kier alpha value is -1.57. The average Bonchev–Trinajstić information content (AvgIpc) is 2.46. The zero-order valence-electron chi connectivity index (χ0n) is 11.1. The van der Waals surface area contributed by atoms with Crippen LogP contribution < -0.4 is 5.32 Å². The minimum Gasteiger partial charge on any atom is -0.306 e. The molecule has 0 aliphatic carbocycles. The quantitative estimate of drug-likeness (QED) is 0.831. The zero-order chi connectivity index (χ0) is 13.7. The van der Waals surface area contributed by atoms with E-state index in [-0.39, 0.29) is 6.04 Å². The molecule has 2 rings (SSSR count). The van der Waals surface area contributed by atoms with Gasteiger partial charge in [0, 0.05) is 17.6 Å². The van der Waals surface area contributed by atoms with Gasteiger partial charge in [-0.05, 0) is 35.8 Å². The van der Waals surface area contributed by atoms with E-state index >= 15 is 0 Å². The molecule has 0 aliphatic rings. The summed E-state index contributed by atoms with van der Waals surface area (Å²) < 4.78 is 0. The van der Waals surface area contributed by atoms with E-state index in [2.05, 4.69) is 31.0 Å². The van der Waals surface area contributed by atoms with Crippen molar-refractivity contribution in [2.45, 2.75) is 13.0 Å². The summed E-state index contributed by atoms with van der Waals surface area (Å²) in [6, 6.07) is 18.4. The van der Waals surface area contributed by atoms with Crippen molar-refractivity contribution in [2.24, 2.45) is 0 Å². The van der Waals surface area contributed by atoms with Gasteiger partial charge >= 0.3 is 0 Å². The van der Waals surface area contributed by atoms with Crippen LogP contribution in [0.5, 0.6) is 0 Å². The number of hydrogen-bond donors (Lipinski definition) is 1. The molecule has 0 spiro atoms. The Bertz CT molecular complexity index is 531. The SMILES string of the molecule is C=C(CN[C@H](C)c1ccc(Cl)cc1)c1ccccc1. The van der Waals surface area contributed by atoms with Crippen LogP contribution in [0.2, 0.25) is 5.02 Å². The lowest BCUT2D eigenvalue weighted by atomic mass is 10.1. The molecular weight excluding hydrogens is 254 g/mol. The van der Waals surface area contributed by atoms with Gasteiger partial charge in [0.1, 0.15) is 0 Å². The first-order valence-electron chi connectivity index (χ1n) is 6.39. The Kier molecular flexibility index (Phi) is 4.78. The predicted molar refractivity (Wildman–Crippen MR) is 83.3 cm³/mol. The molecule has 2 heteroatoms. The maximum absolute atomic E-state index is 5.89. The minimum absolute atomic E-state index is 0.276. The van der Waals surface area contributed by atoms with Gasteiger partial charge in [0.05, 0.1) is 0 Å². The molecule has 0 radical (unpaired) electrons. The van der Waals surface area contributed by atoms with Crippen LogP contribution in [0.3, 0.4) is 0 Å². The summed E-state index contributed by atoms with van der Waals surface area (Å²) in [6.45, 7) is 7.03. The molecule has 0 saturated carbocycles. The first-order chi connectivity index (χ1) is 9.16. The lowest BCUT2D eigenvalue weighted by molar-refractivity contribution is 0.622. The van der Waals surface area contributed by atoms with Crippen LogP contribution in [-0.2, 0) is 0 Å². The number of hydrogen-bond acceptors (Lipinski definition) is 1. The second kappa shape index (κ2) is 6.55. The number of halogens is 1. The standard InChI is InChI=1S/C17H18ClN/c1-13(15-6-4-3-5-7-15)12-19-14(2)16-8-10-17(18)11-9-16/h3-11,14,19H,1,12H2,2H3/t14-/m1/s1. The summed E-state index contributed by atoms with van der Waals surface area (Å²) in [6.07, 6.45) is 0. The van der Waals surface area contributed by atoms with Crippen molar-refractivity contribution in [1.29, 1.82) is 0 Å². The lowest BCUT2D eigenvalue weighted by Gasteiger charge is -2.15. The molecule has 0 fully saturated rings. The van der Waals surface area contributed by atoms with E-state index < -0.39 is 0 Å². The fraction of sp³-hybridized carbons (Fsp3) is 0.176. The van der Waals surface area contributed by atoms with Gasteiger partial charge in [-0.3, -0.25) is 0 Å². The van der Waals surface area contributed by atoms with E-state index in [1.807, 2.05) is 42.5 Å². The van der Waals surface area contributed by atoms with Crippen LogP contribution in [0.25, 0.3) is 5.57 Å². The second-order valence-corrected chi connectivity index (χ2v) is 5.06. The van der Waals surface area contributed by atoms with Crippen LogP contribution in [0.15, 0.2) is 61.2 Å². The third-order valence-corrected chi connectivity index (χ3v) is 3.43. The van der Waals surface area contributed by atoms with E-state index in [9.17, 15) is 0 Å². The van der Waals surface area contributed by atoms with Crippen LogP contribution in [0.4, 0.5) is 0 Å². The Morgan fingerprint density at radius 2 is 1.74 bits per heavy atom. The van der Waals surface area contributed by atoms with E-state index in [1.165, 1.54) is 11.1 Å². The van der Waals surface area contributed by atoms with E-state index in [1.54, 1.807) is 0 Å². The number of nitrogens with one attached hydrogen (secondary N) is 1.